The number of rotatable bonds is 4. The molecule has 0 aliphatic heterocycles. The van der Waals surface area contributed by atoms with Gasteiger partial charge in [-0.2, -0.15) is 0 Å². The van der Waals surface area contributed by atoms with Crippen LogP contribution >= 0.6 is 0 Å². The Hall–Kier alpha value is -0.560. The van der Waals surface area contributed by atoms with Gasteiger partial charge in [-0.1, -0.05) is 52.3 Å². The van der Waals surface area contributed by atoms with E-state index in [2.05, 4.69) is 46.9 Å². The molecule has 120 valence electrons. The summed E-state index contributed by atoms with van der Waals surface area (Å²) in [4.78, 5) is 0. The number of allylic oxidation sites excluding steroid dienone is 2. The minimum absolute atomic E-state index is 0.0350. The summed E-state index contributed by atoms with van der Waals surface area (Å²) >= 11 is 0. The van der Waals surface area contributed by atoms with E-state index in [4.69, 9.17) is 0 Å². The zero-order valence-corrected chi connectivity index (χ0v) is 14.5. The summed E-state index contributed by atoms with van der Waals surface area (Å²) in [6.45, 7) is 18.5. The summed E-state index contributed by atoms with van der Waals surface area (Å²) in [5.41, 5.74) is 2.08. The summed E-state index contributed by atoms with van der Waals surface area (Å²) in [5.74, 6) is 1.21. The van der Waals surface area contributed by atoms with Crippen LogP contribution in [0.25, 0.3) is 0 Å². The third-order valence-corrected chi connectivity index (χ3v) is 6.87. The molecule has 0 amide bonds. The molecule has 0 spiro atoms. The highest BCUT2D eigenvalue weighted by Crippen LogP contribution is 2.65. The van der Waals surface area contributed by atoms with Crippen LogP contribution in [0.1, 0.15) is 66.2 Å². The van der Waals surface area contributed by atoms with Crippen LogP contribution in [0, 0.1) is 28.1 Å². The van der Waals surface area contributed by atoms with Crippen LogP contribution in [0.2, 0.25) is 0 Å². The Balaban J connectivity index is 2.47. The van der Waals surface area contributed by atoms with Crippen molar-refractivity contribution in [3.63, 3.8) is 0 Å². The van der Waals surface area contributed by atoms with Gasteiger partial charge in [-0.05, 0) is 60.2 Å². The monoisotopic (exact) mass is 290 g/mol. The molecule has 0 aromatic carbocycles. The third-order valence-electron chi connectivity index (χ3n) is 6.87. The molecule has 2 aliphatic carbocycles. The lowest BCUT2D eigenvalue weighted by molar-refractivity contribution is -0.0829. The Morgan fingerprint density at radius 1 is 1.33 bits per heavy atom. The van der Waals surface area contributed by atoms with E-state index in [9.17, 15) is 5.11 Å². The molecular formula is C20H34O. The Morgan fingerprint density at radius 2 is 2.00 bits per heavy atom. The number of aliphatic hydroxyl groups is 1. The lowest BCUT2D eigenvalue weighted by atomic mass is 9.43. The normalized spacial score (nSPS) is 38.4. The molecule has 0 saturated heterocycles. The number of aliphatic hydroxyl groups excluding tert-OH is 1. The van der Waals surface area contributed by atoms with E-state index in [0.717, 1.165) is 18.8 Å². The van der Waals surface area contributed by atoms with Crippen LogP contribution in [0.15, 0.2) is 24.8 Å². The smallest absolute Gasteiger partial charge is 0.0439 e. The van der Waals surface area contributed by atoms with Gasteiger partial charge < -0.3 is 5.11 Å². The fraction of sp³-hybridized carbons (Fsp3) is 0.800. The van der Waals surface area contributed by atoms with Crippen LogP contribution in [0.5, 0.6) is 0 Å². The van der Waals surface area contributed by atoms with Crippen LogP contribution < -0.4 is 0 Å². The summed E-state index contributed by atoms with van der Waals surface area (Å²) in [7, 11) is 0. The molecule has 4 atom stereocenters. The van der Waals surface area contributed by atoms with Gasteiger partial charge in [0.2, 0.25) is 0 Å². The highest BCUT2D eigenvalue weighted by atomic mass is 16.3. The second kappa shape index (κ2) is 5.57. The molecule has 2 rings (SSSR count). The van der Waals surface area contributed by atoms with E-state index in [1.165, 1.54) is 31.3 Å². The second-order valence-corrected chi connectivity index (χ2v) is 8.71. The molecule has 0 aromatic rings. The second-order valence-electron chi connectivity index (χ2n) is 8.71. The molecule has 2 saturated carbocycles. The Morgan fingerprint density at radius 3 is 2.57 bits per heavy atom. The van der Waals surface area contributed by atoms with Crippen molar-refractivity contribution in [3.05, 3.63) is 24.8 Å². The Labute approximate surface area is 131 Å². The van der Waals surface area contributed by atoms with Gasteiger partial charge in [0.15, 0.2) is 0 Å². The van der Waals surface area contributed by atoms with Gasteiger partial charge in [-0.15, -0.1) is 6.58 Å². The van der Waals surface area contributed by atoms with Crippen LogP contribution in [0.4, 0.5) is 0 Å². The van der Waals surface area contributed by atoms with Crippen molar-refractivity contribution in [1.82, 2.24) is 0 Å². The molecule has 0 heterocycles. The topological polar surface area (TPSA) is 20.2 Å². The molecule has 1 nitrogen and oxygen atoms in total. The molecule has 0 bridgehead atoms. The molecule has 2 aliphatic rings. The zero-order chi connectivity index (χ0) is 15.9. The van der Waals surface area contributed by atoms with Crippen molar-refractivity contribution in [1.29, 1.82) is 0 Å². The molecule has 0 radical (unpaired) electrons. The lowest BCUT2D eigenvalue weighted by Crippen LogP contribution is -2.53. The minimum Gasteiger partial charge on any atom is -0.396 e. The summed E-state index contributed by atoms with van der Waals surface area (Å²) in [6, 6.07) is 0. The molecule has 1 heteroatoms. The van der Waals surface area contributed by atoms with Crippen molar-refractivity contribution >= 4 is 0 Å². The number of hydrogen-bond donors (Lipinski definition) is 1. The SMILES string of the molecule is C=C[C@@](C)(CCO)[C@H]1C(=C)CC[C@H]2C(C)(C)CCC[C@@]21C. The average molecular weight is 290 g/mol. The Kier molecular flexibility index (Phi) is 4.46. The average Bonchev–Trinajstić information content (AvgIpc) is 2.37. The van der Waals surface area contributed by atoms with Crippen molar-refractivity contribution < 1.29 is 5.11 Å². The molecule has 1 N–H and O–H groups in total. The maximum atomic E-state index is 9.56. The van der Waals surface area contributed by atoms with Crippen LogP contribution in [-0.4, -0.2) is 11.7 Å². The van der Waals surface area contributed by atoms with Gasteiger partial charge in [-0.3, -0.25) is 0 Å². The molecule has 0 aromatic heterocycles. The fourth-order valence-electron chi connectivity index (χ4n) is 6.00. The van der Waals surface area contributed by atoms with E-state index < -0.39 is 0 Å². The van der Waals surface area contributed by atoms with Crippen molar-refractivity contribution in [2.45, 2.75) is 66.2 Å². The van der Waals surface area contributed by atoms with E-state index in [1.807, 2.05) is 0 Å². The maximum Gasteiger partial charge on any atom is 0.0439 e. The quantitative estimate of drug-likeness (QED) is 0.691. The van der Waals surface area contributed by atoms with Gasteiger partial charge in [0.25, 0.3) is 0 Å². The van der Waals surface area contributed by atoms with Gasteiger partial charge >= 0.3 is 0 Å². The summed E-state index contributed by atoms with van der Waals surface area (Å²) in [5, 5.41) is 9.56. The first-order valence-corrected chi connectivity index (χ1v) is 8.63. The van der Waals surface area contributed by atoms with Crippen molar-refractivity contribution in [2.24, 2.45) is 28.1 Å². The lowest BCUT2D eigenvalue weighted by Gasteiger charge is -2.61. The minimum atomic E-state index is -0.0350. The first-order chi connectivity index (χ1) is 9.71. The molecule has 21 heavy (non-hydrogen) atoms. The predicted octanol–water partition coefficient (Wildman–Crippen LogP) is 5.36. The van der Waals surface area contributed by atoms with Crippen molar-refractivity contribution in [3.8, 4) is 0 Å². The predicted molar refractivity (Wildman–Crippen MR) is 91.1 cm³/mol. The van der Waals surface area contributed by atoms with Crippen LogP contribution in [0.3, 0.4) is 0 Å². The van der Waals surface area contributed by atoms with Gasteiger partial charge in [0, 0.05) is 6.61 Å². The largest absolute Gasteiger partial charge is 0.396 e. The Bertz CT molecular complexity index is 422. The first kappa shape index (κ1) is 16.8. The van der Waals surface area contributed by atoms with E-state index in [1.54, 1.807) is 0 Å². The molecular weight excluding hydrogens is 256 g/mol. The van der Waals surface area contributed by atoms with Gasteiger partial charge in [0.05, 0.1) is 0 Å². The third kappa shape index (κ3) is 2.63. The fourth-order valence-corrected chi connectivity index (χ4v) is 6.00. The zero-order valence-electron chi connectivity index (χ0n) is 14.5. The van der Waals surface area contributed by atoms with Gasteiger partial charge in [0.1, 0.15) is 0 Å². The van der Waals surface area contributed by atoms with E-state index in [-0.39, 0.29) is 12.0 Å². The van der Waals surface area contributed by atoms with Crippen molar-refractivity contribution in [2.75, 3.05) is 6.61 Å². The van der Waals surface area contributed by atoms with E-state index >= 15 is 0 Å². The summed E-state index contributed by atoms with van der Waals surface area (Å²) < 4.78 is 0. The number of fused-ring (bicyclic) bond motifs is 1. The van der Waals surface area contributed by atoms with Gasteiger partial charge in [-0.25, -0.2) is 0 Å². The molecule has 2 fully saturated rings. The van der Waals surface area contributed by atoms with E-state index in [0.29, 0.717) is 16.7 Å². The standard InChI is InChI=1S/C20H34O/c1-7-19(5,13-14-21)17-15(2)9-10-16-18(3,4)11-8-12-20(16,17)6/h7,16-17,21H,1-2,8-14H2,3-6H3/t16-,17+,19-,20-/m0/s1. The molecule has 0 unspecified atom stereocenters. The highest BCUT2D eigenvalue weighted by Gasteiger charge is 2.56. The summed E-state index contributed by atoms with van der Waals surface area (Å²) in [6.07, 6.45) is 9.26. The van der Waals surface area contributed by atoms with Crippen LogP contribution in [-0.2, 0) is 0 Å². The first-order valence-electron chi connectivity index (χ1n) is 8.63. The highest BCUT2D eigenvalue weighted by molar-refractivity contribution is 5.22. The maximum absolute atomic E-state index is 9.56. The number of hydrogen-bond acceptors (Lipinski definition) is 1.